The number of aromatic nitrogens is 3. The second kappa shape index (κ2) is 4.49. The number of benzene rings is 1. The number of rotatable bonds is 3. The zero-order chi connectivity index (χ0) is 15.1. The van der Waals surface area contributed by atoms with Crippen LogP contribution >= 0.6 is 0 Å². The van der Waals surface area contributed by atoms with E-state index in [1.165, 1.54) is 0 Å². The molecule has 0 unspecified atom stereocenters. The van der Waals surface area contributed by atoms with Gasteiger partial charge in [-0.05, 0) is 45.8 Å². The van der Waals surface area contributed by atoms with Gasteiger partial charge < -0.3 is 4.98 Å². The third kappa shape index (κ3) is 2.08. The average Bonchev–Trinajstić information content (AvgIpc) is 2.92. The van der Waals surface area contributed by atoms with Gasteiger partial charge in [-0.1, -0.05) is 19.1 Å². The number of imidazole rings is 1. The summed E-state index contributed by atoms with van der Waals surface area (Å²) in [5.41, 5.74) is 2.89. The second-order valence-electron chi connectivity index (χ2n) is 5.56. The van der Waals surface area contributed by atoms with Crippen molar-refractivity contribution in [2.24, 2.45) is 0 Å². The number of hydrogen-bond donors (Lipinski definition) is 1. The van der Waals surface area contributed by atoms with Crippen LogP contribution in [0.1, 0.15) is 12.5 Å². The highest BCUT2D eigenvalue weighted by Crippen LogP contribution is 2.38. The number of fused-ring (bicyclic) bond motifs is 1. The molecule has 0 aliphatic heterocycles. The molecule has 0 fully saturated rings. The van der Waals surface area contributed by atoms with E-state index in [0.717, 1.165) is 16.6 Å². The molecule has 21 heavy (non-hydrogen) atoms. The van der Waals surface area contributed by atoms with E-state index in [4.69, 9.17) is 0 Å². The summed E-state index contributed by atoms with van der Waals surface area (Å²) in [6.07, 6.45) is 3.44. The van der Waals surface area contributed by atoms with Crippen LogP contribution < -0.4 is 0 Å². The van der Waals surface area contributed by atoms with Gasteiger partial charge in [0.1, 0.15) is 5.03 Å². The third-order valence-electron chi connectivity index (χ3n) is 4.00. The Kier molecular flexibility index (Phi) is 2.99. The molecule has 0 radical (unpaired) electrons. The summed E-state index contributed by atoms with van der Waals surface area (Å²) in [6, 6.07) is 11.5. The van der Waals surface area contributed by atoms with E-state index in [1.807, 2.05) is 50.2 Å². The molecule has 0 saturated carbocycles. The fraction of sp³-hybridized carbons (Fsp3) is 0.250. The number of H-pyrrole nitrogens is 1. The van der Waals surface area contributed by atoms with E-state index in [2.05, 4.69) is 15.0 Å². The molecule has 0 aliphatic carbocycles. The Labute approximate surface area is 124 Å². The van der Waals surface area contributed by atoms with Crippen LogP contribution in [0.4, 0.5) is 0 Å². The standard InChI is InChI=1S/C16H19N3OS/c1-4-21(3,20,15-7-5-6-10-17-15)16-18-13-9-8-12(2)11-14(13)19-16/h5-11H,4H2,1-3H3,(H,18,19). The lowest BCUT2D eigenvalue weighted by Gasteiger charge is -2.34. The molecule has 0 saturated heterocycles. The fourth-order valence-electron chi connectivity index (χ4n) is 2.40. The molecule has 2 aromatic heterocycles. The summed E-state index contributed by atoms with van der Waals surface area (Å²) in [7, 11) is -3.30. The van der Waals surface area contributed by atoms with Crippen LogP contribution in [0.15, 0.2) is 52.8 Å². The highest BCUT2D eigenvalue weighted by Gasteiger charge is 2.38. The lowest BCUT2D eigenvalue weighted by Crippen LogP contribution is -2.36. The molecule has 0 atom stereocenters. The maximum absolute atomic E-state index is 13.9. The van der Waals surface area contributed by atoms with Crippen molar-refractivity contribution in [3.8, 4) is 0 Å². The minimum atomic E-state index is -3.30. The number of nitrogens with zero attached hydrogens (tertiary/aromatic N) is 2. The Hall–Kier alpha value is -2.01. The number of hydrogen-bond acceptors (Lipinski definition) is 3. The Balaban J connectivity index is 2.29. The predicted molar refractivity (Wildman–Crippen MR) is 86.2 cm³/mol. The Bertz CT molecular complexity index is 870. The third-order valence-corrected chi connectivity index (χ3v) is 7.93. The maximum atomic E-state index is 13.9. The molecule has 3 rings (SSSR count). The van der Waals surface area contributed by atoms with E-state index >= 15 is 0 Å². The fourth-order valence-corrected chi connectivity index (χ4v) is 4.65. The first-order valence-electron chi connectivity index (χ1n) is 6.93. The quantitative estimate of drug-likeness (QED) is 0.808. The van der Waals surface area contributed by atoms with Gasteiger partial charge in [0, 0.05) is 18.2 Å². The maximum Gasteiger partial charge on any atom is 0.181 e. The molecule has 1 N–H and O–H groups in total. The van der Waals surface area contributed by atoms with Gasteiger partial charge in [0.25, 0.3) is 0 Å². The first kappa shape index (κ1) is 13.9. The van der Waals surface area contributed by atoms with Crippen LogP contribution in [0.25, 0.3) is 11.0 Å². The summed E-state index contributed by atoms with van der Waals surface area (Å²) in [4.78, 5) is 12.2. The molecule has 0 spiro atoms. The van der Waals surface area contributed by atoms with Gasteiger partial charge in [0.15, 0.2) is 5.16 Å². The molecular weight excluding hydrogens is 282 g/mol. The monoisotopic (exact) mass is 301 g/mol. The van der Waals surface area contributed by atoms with Gasteiger partial charge in [-0.15, -0.1) is 0 Å². The molecule has 0 bridgehead atoms. The van der Waals surface area contributed by atoms with E-state index in [1.54, 1.807) is 12.5 Å². The number of aryl methyl sites for hydroxylation is 1. The zero-order valence-corrected chi connectivity index (χ0v) is 13.3. The van der Waals surface area contributed by atoms with E-state index in [9.17, 15) is 4.21 Å². The molecule has 2 heterocycles. The molecule has 3 aromatic rings. The number of aromatic amines is 1. The van der Waals surface area contributed by atoms with E-state index in [0.29, 0.717) is 15.9 Å². The molecule has 1 aromatic carbocycles. The normalized spacial score (nSPS) is 14.0. The van der Waals surface area contributed by atoms with E-state index in [-0.39, 0.29) is 0 Å². The summed E-state index contributed by atoms with van der Waals surface area (Å²) in [5.74, 6) is 0.465. The Morgan fingerprint density at radius 1 is 1.24 bits per heavy atom. The highest BCUT2D eigenvalue weighted by atomic mass is 32.3. The van der Waals surface area contributed by atoms with Crippen LogP contribution in [-0.2, 0) is 9.07 Å². The van der Waals surface area contributed by atoms with Crippen molar-refractivity contribution in [3.63, 3.8) is 0 Å². The number of pyridine rings is 1. The molecule has 5 heteroatoms. The van der Waals surface area contributed by atoms with Gasteiger partial charge in [0.2, 0.25) is 0 Å². The molecule has 0 aliphatic rings. The second-order valence-corrected chi connectivity index (χ2v) is 10.0. The first-order chi connectivity index (χ1) is 9.93. The van der Waals surface area contributed by atoms with Crippen LogP contribution in [0.2, 0.25) is 0 Å². The van der Waals surface area contributed by atoms with Crippen LogP contribution in [0.3, 0.4) is 0 Å². The molecule has 4 nitrogen and oxygen atoms in total. The van der Waals surface area contributed by atoms with Crippen molar-refractivity contribution >= 4 is 20.1 Å². The lowest BCUT2D eigenvalue weighted by molar-refractivity contribution is 0.648. The van der Waals surface area contributed by atoms with Crippen LogP contribution in [0, 0.1) is 6.92 Å². The SMILES string of the molecule is CCS(C)(=O)(c1ccccn1)c1nc2ccc(C)cc2[nH]1. The van der Waals surface area contributed by atoms with Crippen molar-refractivity contribution in [2.75, 3.05) is 12.0 Å². The number of nitrogens with one attached hydrogen (secondary N) is 1. The topological polar surface area (TPSA) is 58.6 Å². The smallest absolute Gasteiger partial charge is 0.181 e. The van der Waals surface area contributed by atoms with Crippen molar-refractivity contribution in [1.29, 1.82) is 0 Å². The molecular formula is C16H19N3OS. The first-order valence-corrected chi connectivity index (χ1v) is 9.48. The minimum Gasteiger partial charge on any atom is -0.332 e. The van der Waals surface area contributed by atoms with Gasteiger partial charge in [-0.3, -0.25) is 4.21 Å². The van der Waals surface area contributed by atoms with Crippen molar-refractivity contribution in [2.45, 2.75) is 24.0 Å². The Morgan fingerprint density at radius 2 is 2.05 bits per heavy atom. The molecule has 110 valence electrons. The predicted octanol–water partition coefficient (Wildman–Crippen LogP) is 3.15. The summed E-state index contributed by atoms with van der Waals surface area (Å²) in [6.45, 7) is 3.95. The van der Waals surface area contributed by atoms with E-state index < -0.39 is 9.07 Å². The summed E-state index contributed by atoms with van der Waals surface area (Å²) >= 11 is 0. The Morgan fingerprint density at radius 3 is 2.71 bits per heavy atom. The van der Waals surface area contributed by atoms with Crippen LogP contribution in [0.5, 0.6) is 0 Å². The van der Waals surface area contributed by atoms with Crippen LogP contribution in [-0.4, -0.2) is 31.2 Å². The molecule has 0 amide bonds. The van der Waals surface area contributed by atoms with Gasteiger partial charge >= 0.3 is 0 Å². The largest absolute Gasteiger partial charge is 0.332 e. The zero-order valence-electron chi connectivity index (χ0n) is 12.5. The van der Waals surface area contributed by atoms with Crippen molar-refractivity contribution in [1.82, 2.24) is 15.0 Å². The average molecular weight is 301 g/mol. The van der Waals surface area contributed by atoms with Gasteiger partial charge in [0.05, 0.1) is 11.0 Å². The minimum absolute atomic E-state index is 0.465. The van der Waals surface area contributed by atoms with Gasteiger partial charge in [-0.25, -0.2) is 9.97 Å². The summed E-state index contributed by atoms with van der Waals surface area (Å²) < 4.78 is 13.9. The lowest BCUT2D eigenvalue weighted by atomic mass is 10.2. The summed E-state index contributed by atoms with van der Waals surface area (Å²) in [5, 5.41) is 1.11. The van der Waals surface area contributed by atoms with Crippen molar-refractivity contribution < 1.29 is 4.21 Å². The highest BCUT2D eigenvalue weighted by molar-refractivity contribution is 8.19. The van der Waals surface area contributed by atoms with Gasteiger partial charge in [-0.2, -0.15) is 0 Å². The van der Waals surface area contributed by atoms with Crippen molar-refractivity contribution in [3.05, 3.63) is 48.2 Å².